The summed E-state index contributed by atoms with van der Waals surface area (Å²) in [4.78, 5) is 0. The van der Waals surface area contributed by atoms with Gasteiger partial charge in [0.2, 0.25) is 0 Å². The van der Waals surface area contributed by atoms with Crippen LogP contribution >= 0.6 is 0 Å². The molecule has 8 heteroatoms. The quantitative estimate of drug-likeness (QED) is 0.0864. The van der Waals surface area contributed by atoms with E-state index in [1.165, 1.54) is 22.3 Å². The van der Waals surface area contributed by atoms with E-state index in [1.807, 2.05) is 0 Å². The van der Waals surface area contributed by atoms with Crippen LogP contribution in [0.15, 0.2) is 48.5 Å². The molecule has 0 fully saturated rings. The number of hydrogen-bond acceptors (Lipinski definition) is 8. The molecule has 0 bridgehead atoms. The molecule has 0 aliphatic heterocycles. The largest absolute Gasteiger partial charge is 0.330 e. The molecule has 2 atom stereocenters. The van der Waals surface area contributed by atoms with Gasteiger partial charge in [-0.15, -0.1) is 0 Å². The van der Waals surface area contributed by atoms with Gasteiger partial charge in [0.1, 0.15) is 0 Å². The van der Waals surface area contributed by atoms with Crippen molar-refractivity contribution in [3.8, 4) is 11.1 Å². The molecule has 40 heavy (non-hydrogen) atoms. The van der Waals surface area contributed by atoms with E-state index in [1.54, 1.807) is 0 Å². The first kappa shape index (κ1) is 34.3. The molecule has 2 aromatic rings. The number of hydrogen-bond donors (Lipinski definition) is 8. The van der Waals surface area contributed by atoms with Crippen LogP contribution < -0.4 is 44.2 Å². The zero-order chi connectivity index (χ0) is 28.7. The molecule has 12 N–H and O–H groups in total. The van der Waals surface area contributed by atoms with E-state index < -0.39 is 0 Å². The summed E-state index contributed by atoms with van der Waals surface area (Å²) in [5, 5.41) is 13.9. The van der Waals surface area contributed by atoms with Gasteiger partial charge in [-0.2, -0.15) is 0 Å². The summed E-state index contributed by atoms with van der Waals surface area (Å²) in [6.07, 6.45) is 7.95. The smallest absolute Gasteiger partial charge is 0.00914 e. The van der Waals surface area contributed by atoms with Crippen LogP contribution in [0.2, 0.25) is 0 Å². The van der Waals surface area contributed by atoms with E-state index in [4.69, 9.17) is 22.9 Å². The second kappa shape index (κ2) is 22.8. The lowest BCUT2D eigenvalue weighted by atomic mass is 9.93. The topological polar surface area (TPSA) is 152 Å². The van der Waals surface area contributed by atoms with E-state index in [-0.39, 0.29) is 12.1 Å². The first-order chi connectivity index (χ1) is 19.6. The lowest BCUT2D eigenvalue weighted by Crippen LogP contribution is -2.30. The van der Waals surface area contributed by atoms with Gasteiger partial charge in [-0.1, -0.05) is 48.5 Å². The number of rotatable bonds is 25. The predicted octanol–water partition coefficient (Wildman–Crippen LogP) is 1.71. The second-order valence-corrected chi connectivity index (χ2v) is 10.9. The summed E-state index contributed by atoms with van der Waals surface area (Å²) in [5.41, 5.74) is 29.3. The summed E-state index contributed by atoms with van der Waals surface area (Å²) in [6.45, 7) is 9.45. The lowest BCUT2D eigenvalue weighted by Gasteiger charge is -2.17. The van der Waals surface area contributed by atoms with Crippen LogP contribution in [0.5, 0.6) is 0 Å². The van der Waals surface area contributed by atoms with Crippen molar-refractivity contribution in [3.63, 3.8) is 0 Å². The fourth-order valence-electron chi connectivity index (χ4n) is 4.81. The minimum Gasteiger partial charge on any atom is -0.330 e. The average molecular weight is 555 g/mol. The SMILES string of the molecule is NCCCNCCCNCCC(N)Cc1cc(CC(N)CCNCCCNCCCN)cc(-c2ccccc2)c1. The minimum absolute atomic E-state index is 0.122. The van der Waals surface area contributed by atoms with Crippen molar-refractivity contribution in [1.82, 2.24) is 21.3 Å². The first-order valence-electron chi connectivity index (χ1n) is 15.5. The van der Waals surface area contributed by atoms with Crippen molar-refractivity contribution in [3.05, 3.63) is 59.7 Å². The maximum Gasteiger partial charge on any atom is 0.00914 e. The normalized spacial score (nSPS) is 13.0. The Hall–Kier alpha value is -1.88. The highest BCUT2D eigenvalue weighted by Gasteiger charge is 2.11. The van der Waals surface area contributed by atoms with Gasteiger partial charge in [0, 0.05) is 12.1 Å². The molecule has 0 saturated heterocycles. The predicted molar refractivity (Wildman–Crippen MR) is 173 cm³/mol. The van der Waals surface area contributed by atoms with Gasteiger partial charge >= 0.3 is 0 Å². The molecule has 226 valence electrons. The Morgan fingerprint density at radius 2 is 0.925 bits per heavy atom. The van der Waals surface area contributed by atoms with Crippen molar-refractivity contribution in [1.29, 1.82) is 0 Å². The van der Waals surface area contributed by atoms with Gasteiger partial charge in [-0.25, -0.2) is 0 Å². The second-order valence-electron chi connectivity index (χ2n) is 10.9. The first-order valence-corrected chi connectivity index (χ1v) is 15.5. The third-order valence-electron chi connectivity index (χ3n) is 7.07. The zero-order valence-corrected chi connectivity index (χ0v) is 24.8. The van der Waals surface area contributed by atoms with Crippen molar-refractivity contribution in [2.24, 2.45) is 22.9 Å². The molecule has 2 aromatic carbocycles. The molecule has 0 radical (unpaired) electrons. The van der Waals surface area contributed by atoms with Crippen molar-refractivity contribution in [2.45, 2.75) is 63.5 Å². The van der Waals surface area contributed by atoms with Crippen LogP contribution in [0.1, 0.15) is 49.7 Å². The monoisotopic (exact) mass is 554 g/mol. The Balaban J connectivity index is 1.79. The summed E-state index contributed by atoms with van der Waals surface area (Å²) in [7, 11) is 0. The summed E-state index contributed by atoms with van der Waals surface area (Å²) in [6, 6.07) is 17.8. The van der Waals surface area contributed by atoms with E-state index in [0.29, 0.717) is 0 Å². The number of nitrogens with two attached hydrogens (primary N) is 4. The lowest BCUT2D eigenvalue weighted by molar-refractivity contribution is 0.536. The van der Waals surface area contributed by atoms with Crippen molar-refractivity contribution >= 4 is 0 Å². The highest BCUT2D eigenvalue weighted by Crippen LogP contribution is 2.24. The van der Waals surface area contributed by atoms with E-state index in [9.17, 15) is 0 Å². The minimum atomic E-state index is 0.122. The fraction of sp³-hybridized carbons (Fsp3) is 0.625. The van der Waals surface area contributed by atoms with Gasteiger partial charge in [0.05, 0.1) is 0 Å². The van der Waals surface area contributed by atoms with Gasteiger partial charge in [-0.05, 0) is 139 Å². The summed E-state index contributed by atoms with van der Waals surface area (Å²) in [5.74, 6) is 0. The molecule has 0 heterocycles. The van der Waals surface area contributed by atoms with Crippen LogP contribution in [0.3, 0.4) is 0 Å². The molecular weight excluding hydrogens is 496 g/mol. The van der Waals surface area contributed by atoms with Gasteiger partial charge in [0.25, 0.3) is 0 Å². The van der Waals surface area contributed by atoms with Gasteiger partial charge in [-0.3, -0.25) is 0 Å². The van der Waals surface area contributed by atoms with Crippen LogP contribution in [-0.2, 0) is 12.8 Å². The van der Waals surface area contributed by atoms with Crippen molar-refractivity contribution in [2.75, 3.05) is 65.4 Å². The fourth-order valence-corrected chi connectivity index (χ4v) is 4.81. The molecule has 0 amide bonds. The maximum absolute atomic E-state index is 6.57. The van der Waals surface area contributed by atoms with E-state index in [2.05, 4.69) is 69.8 Å². The van der Waals surface area contributed by atoms with Gasteiger partial charge in [0.15, 0.2) is 0 Å². The molecule has 0 aliphatic rings. The van der Waals surface area contributed by atoms with E-state index >= 15 is 0 Å². The molecule has 2 unspecified atom stereocenters. The van der Waals surface area contributed by atoms with Crippen LogP contribution in [-0.4, -0.2) is 77.5 Å². The molecule has 2 rings (SSSR count). The highest BCUT2D eigenvalue weighted by molar-refractivity contribution is 5.65. The maximum atomic E-state index is 6.57. The highest BCUT2D eigenvalue weighted by atomic mass is 14.9. The molecule has 0 saturated carbocycles. The number of nitrogens with one attached hydrogen (secondary N) is 4. The number of benzene rings is 2. The Morgan fingerprint density at radius 1 is 0.500 bits per heavy atom. The summed E-state index contributed by atoms with van der Waals surface area (Å²) >= 11 is 0. The zero-order valence-electron chi connectivity index (χ0n) is 24.8. The third-order valence-corrected chi connectivity index (χ3v) is 7.07. The Labute approximate surface area is 243 Å². The van der Waals surface area contributed by atoms with Crippen molar-refractivity contribution < 1.29 is 0 Å². The van der Waals surface area contributed by atoms with Gasteiger partial charge < -0.3 is 44.2 Å². The van der Waals surface area contributed by atoms with Crippen LogP contribution in [0.25, 0.3) is 11.1 Å². The van der Waals surface area contributed by atoms with Crippen LogP contribution in [0.4, 0.5) is 0 Å². The molecular formula is C32H58N8. The molecule has 0 aromatic heterocycles. The Morgan fingerprint density at radius 3 is 1.38 bits per heavy atom. The Bertz CT molecular complexity index is 815. The molecule has 0 aliphatic carbocycles. The third kappa shape index (κ3) is 16.4. The average Bonchev–Trinajstić information content (AvgIpc) is 2.95. The molecule has 0 spiro atoms. The van der Waals surface area contributed by atoms with E-state index in [0.717, 1.165) is 117 Å². The molecule has 8 nitrogen and oxygen atoms in total. The summed E-state index contributed by atoms with van der Waals surface area (Å²) < 4.78 is 0. The van der Waals surface area contributed by atoms with Crippen LogP contribution in [0, 0.1) is 0 Å². The standard InChI is InChI=1S/C32H58N8/c33-12-4-14-37-16-6-18-39-20-10-31(35)25-27-22-28(24-30(23-27)29-8-2-1-3-9-29)26-32(36)11-21-40-19-7-17-38-15-5-13-34/h1-3,8-9,22-24,31-32,37-40H,4-7,10-21,25-26,33-36H2. The Kier molecular flexibility index (Phi) is 19.5.